The number of aliphatic hydroxyl groups is 1. The molecule has 4 nitrogen and oxygen atoms in total. The lowest BCUT2D eigenvalue weighted by atomic mass is 10.1. The number of piperazine rings is 1. The largest absolute Gasteiger partial charge is 0.395 e. The summed E-state index contributed by atoms with van der Waals surface area (Å²) in [5, 5.41) is 12.2. The fourth-order valence-electron chi connectivity index (χ4n) is 2.51. The molecule has 1 aromatic rings. The number of benzene rings is 1. The minimum atomic E-state index is 0.261. The second-order valence-electron chi connectivity index (χ2n) is 5.15. The van der Waals surface area contributed by atoms with Crippen LogP contribution in [0.15, 0.2) is 24.3 Å². The summed E-state index contributed by atoms with van der Waals surface area (Å²) in [5.74, 6) is 0. The summed E-state index contributed by atoms with van der Waals surface area (Å²) in [6.07, 6.45) is 0. The van der Waals surface area contributed by atoms with Crippen molar-refractivity contribution in [2.45, 2.75) is 13.0 Å². The highest BCUT2D eigenvalue weighted by molar-refractivity contribution is 5.48. The fraction of sp³-hybridized carbons (Fsp3) is 0.600. The maximum absolute atomic E-state index is 8.95. The maximum atomic E-state index is 8.95. The van der Waals surface area contributed by atoms with Crippen LogP contribution in [-0.4, -0.2) is 56.4 Å². The van der Waals surface area contributed by atoms with Crippen LogP contribution in [0, 0.1) is 0 Å². The Kier molecular flexibility index (Phi) is 5.19. The Hall–Kier alpha value is -1.10. The zero-order chi connectivity index (χ0) is 13.7. The third-order valence-electron chi connectivity index (χ3n) is 3.98. The molecule has 1 aliphatic rings. The highest BCUT2D eigenvalue weighted by atomic mass is 16.3. The Morgan fingerprint density at radius 1 is 1.16 bits per heavy atom. The molecule has 0 saturated carbocycles. The Bertz CT molecular complexity index is 371. The van der Waals surface area contributed by atoms with Crippen LogP contribution >= 0.6 is 0 Å². The average Bonchev–Trinajstić information content (AvgIpc) is 2.48. The molecule has 0 spiro atoms. The lowest BCUT2D eigenvalue weighted by Crippen LogP contribution is -2.47. The Morgan fingerprint density at radius 3 is 2.32 bits per heavy atom. The standard InChI is InChI=1S/C15H25N3O/c1-13(16-2)14-3-5-15(6-4-14)18-9-7-17(8-10-18)11-12-19/h3-6,13,16,19H,7-12H2,1-2H3. The molecule has 19 heavy (non-hydrogen) atoms. The van der Waals surface area contributed by atoms with Crippen molar-refractivity contribution in [2.75, 3.05) is 51.3 Å². The number of rotatable bonds is 5. The Balaban J connectivity index is 1.92. The van der Waals surface area contributed by atoms with Gasteiger partial charge < -0.3 is 15.3 Å². The monoisotopic (exact) mass is 263 g/mol. The summed E-state index contributed by atoms with van der Waals surface area (Å²) in [5.41, 5.74) is 2.63. The summed E-state index contributed by atoms with van der Waals surface area (Å²) in [7, 11) is 1.99. The molecule has 0 bridgehead atoms. The van der Waals surface area contributed by atoms with Gasteiger partial charge in [0, 0.05) is 44.5 Å². The highest BCUT2D eigenvalue weighted by Crippen LogP contribution is 2.20. The van der Waals surface area contributed by atoms with Gasteiger partial charge in [-0.25, -0.2) is 0 Å². The van der Waals surface area contributed by atoms with Crippen LogP contribution < -0.4 is 10.2 Å². The van der Waals surface area contributed by atoms with Crippen molar-refractivity contribution in [3.05, 3.63) is 29.8 Å². The molecular weight excluding hydrogens is 238 g/mol. The summed E-state index contributed by atoms with van der Waals surface area (Å²) in [6, 6.07) is 9.23. The van der Waals surface area contributed by atoms with Gasteiger partial charge in [0.25, 0.3) is 0 Å². The maximum Gasteiger partial charge on any atom is 0.0558 e. The first-order chi connectivity index (χ1) is 9.24. The van der Waals surface area contributed by atoms with Crippen LogP contribution in [0.1, 0.15) is 18.5 Å². The normalized spacial score (nSPS) is 18.6. The summed E-state index contributed by atoms with van der Waals surface area (Å²) >= 11 is 0. The Labute approximate surface area is 116 Å². The van der Waals surface area contributed by atoms with E-state index < -0.39 is 0 Å². The van der Waals surface area contributed by atoms with Gasteiger partial charge in [0.15, 0.2) is 0 Å². The average molecular weight is 263 g/mol. The number of anilines is 1. The molecular formula is C15H25N3O. The van der Waals surface area contributed by atoms with Crippen molar-refractivity contribution in [3.63, 3.8) is 0 Å². The van der Waals surface area contributed by atoms with Crippen molar-refractivity contribution in [1.29, 1.82) is 0 Å². The molecule has 0 aromatic heterocycles. The lowest BCUT2D eigenvalue weighted by molar-refractivity contribution is 0.189. The van der Waals surface area contributed by atoms with Gasteiger partial charge in [-0.15, -0.1) is 0 Å². The molecule has 1 fully saturated rings. The molecule has 1 atom stereocenters. The molecule has 1 saturated heterocycles. The first kappa shape index (κ1) is 14.3. The van der Waals surface area contributed by atoms with Crippen molar-refractivity contribution in [2.24, 2.45) is 0 Å². The van der Waals surface area contributed by atoms with E-state index in [-0.39, 0.29) is 6.61 Å². The molecule has 106 valence electrons. The molecule has 1 aromatic carbocycles. The number of aliphatic hydroxyl groups excluding tert-OH is 1. The van der Waals surface area contributed by atoms with E-state index in [4.69, 9.17) is 5.11 Å². The van der Waals surface area contributed by atoms with E-state index in [0.717, 1.165) is 32.7 Å². The van der Waals surface area contributed by atoms with E-state index in [1.165, 1.54) is 11.3 Å². The van der Waals surface area contributed by atoms with Gasteiger partial charge in [-0.1, -0.05) is 12.1 Å². The highest BCUT2D eigenvalue weighted by Gasteiger charge is 2.16. The predicted octanol–water partition coefficient (Wildman–Crippen LogP) is 1.08. The van der Waals surface area contributed by atoms with E-state index in [9.17, 15) is 0 Å². The van der Waals surface area contributed by atoms with Crippen LogP contribution in [0.5, 0.6) is 0 Å². The predicted molar refractivity (Wildman–Crippen MR) is 79.7 cm³/mol. The van der Waals surface area contributed by atoms with E-state index in [1.54, 1.807) is 0 Å². The van der Waals surface area contributed by atoms with Crippen molar-refractivity contribution < 1.29 is 5.11 Å². The second kappa shape index (κ2) is 6.89. The molecule has 0 amide bonds. The molecule has 2 N–H and O–H groups in total. The van der Waals surface area contributed by atoms with Crippen LogP contribution in [0.3, 0.4) is 0 Å². The van der Waals surface area contributed by atoms with E-state index in [2.05, 4.69) is 46.3 Å². The fourth-order valence-corrected chi connectivity index (χ4v) is 2.51. The molecule has 1 heterocycles. The molecule has 0 aliphatic carbocycles. The minimum Gasteiger partial charge on any atom is -0.395 e. The summed E-state index contributed by atoms with van der Waals surface area (Å²) in [4.78, 5) is 4.73. The number of hydrogen-bond acceptors (Lipinski definition) is 4. The molecule has 0 radical (unpaired) electrons. The van der Waals surface area contributed by atoms with E-state index in [0.29, 0.717) is 6.04 Å². The van der Waals surface area contributed by atoms with Gasteiger partial charge in [0.05, 0.1) is 6.61 Å². The van der Waals surface area contributed by atoms with E-state index in [1.807, 2.05) is 7.05 Å². The van der Waals surface area contributed by atoms with Gasteiger partial charge in [0.2, 0.25) is 0 Å². The van der Waals surface area contributed by atoms with Gasteiger partial charge in [-0.3, -0.25) is 4.90 Å². The Morgan fingerprint density at radius 2 is 1.79 bits per heavy atom. The number of hydrogen-bond donors (Lipinski definition) is 2. The number of nitrogens with one attached hydrogen (secondary N) is 1. The van der Waals surface area contributed by atoms with Gasteiger partial charge in [0.1, 0.15) is 0 Å². The van der Waals surface area contributed by atoms with E-state index >= 15 is 0 Å². The first-order valence-corrected chi connectivity index (χ1v) is 7.10. The van der Waals surface area contributed by atoms with Crippen molar-refractivity contribution >= 4 is 5.69 Å². The third kappa shape index (κ3) is 3.69. The zero-order valence-electron chi connectivity index (χ0n) is 12.0. The molecule has 1 unspecified atom stereocenters. The van der Waals surface area contributed by atoms with Crippen LogP contribution in [0.25, 0.3) is 0 Å². The van der Waals surface area contributed by atoms with Crippen LogP contribution in [0.4, 0.5) is 5.69 Å². The SMILES string of the molecule is CNC(C)c1ccc(N2CCN(CCO)CC2)cc1. The smallest absolute Gasteiger partial charge is 0.0558 e. The lowest BCUT2D eigenvalue weighted by Gasteiger charge is -2.35. The molecule has 4 heteroatoms. The first-order valence-electron chi connectivity index (χ1n) is 7.10. The number of nitrogens with zero attached hydrogens (tertiary/aromatic N) is 2. The van der Waals surface area contributed by atoms with Crippen LogP contribution in [-0.2, 0) is 0 Å². The summed E-state index contributed by atoms with van der Waals surface area (Å²) in [6.45, 7) is 7.39. The molecule has 2 rings (SSSR count). The third-order valence-corrected chi connectivity index (χ3v) is 3.98. The van der Waals surface area contributed by atoms with Crippen molar-refractivity contribution in [1.82, 2.24) is 10.2 Å². The van der Waals surface area contributed by atoms with Crippen LogP contribution in [0.2, 0.25) is 0 Å². The summed E-state index contributed by atoms with van der Waals surface area (Å²) < 4.78 is 0. The quantitative estimate of drug-likeness (QED) is 0.834. The van der Waals surface area contributed by atoms with Gasteiger partial charge in [-0.05, 0) is 31.7 Å². The minimum absolute atomic E-state index is 0.261. The number of β-amino-alcohol motifs (C(OH)–C–C–N with tert-alkyl or cyclic N) is 1. The van der Waals surface area contributed by atoms with Gasteiger partial charge >= 0.3 is 0 Å². The van der Waals surface area contributed by atoms with Crippen molar-refractivity contribution in [3.8, 4) is 0 Å². The zero-order valence-corrected chi connectivity index (χ0v) is 12.0. The second-order valence-corrected chi connectivity index (χ2v) is 5.15. The van der Waals surface area contributed by atoms with Gasteiger partial charge in [-0.2, -0.15) is 0 Å². The molecule has 1 aliphatic heterocycles. The topological polar surface area (TPSA) is 38.7 Å².